The monoisotopic (exact) mass is 272 g/mol. The van der Waals surface area contributed by atoms with E-state index >= 15 is 0 Å². The highest BCUT2D eigenvalue weighted by Gasteiger charge is 2.07. The third kappa shape index (κ3) is 12.8. The van der Waals surface area contributed by atoms with E-state index in [1.54, 1.807) is 6.08 Å². The minimum atomic E-state index is -1.40. The van der Waals surface area contributed by atoms with Gasteiger partial charge in [-0.25, -0.2) is 0 Å². The Morgan fingerprint density at radius 1 is 1.11 bits per heavy atom. The first kappa shape index (κ1) is 17.6. The molecule has 0 bridgehead atoms. The zero-order valence-electron chi connectivity index (χ0n) is 12.6. The molecule has 0 spiro atoms. The van der Waals surface area contributed by atoms with Crippen LogP contribution in [-0.2, 0) is 0 Å². The van der Waals surface area contributed by atoms with Gasteiger partial charge in [0.2, 0.25) is 0 Å². The van der Waals surface area contributed by atoms with Crippen LogP contribution in [0.1, 0.15) is 32.6 Å². The van der Waals surface area contributed by atoms with E-state index in [0.717, 1.165) is 12.8 Å². The Labute approximate surface area is 119 Å². The molecule has 0 saturated carbocycles. The second kappa shape index (κ2) is 10.5. The lowest BCUT2D eigenvalue weighted by molar-refractivity contribution is 0.350. The van der Waals surface area contributed by atoms with Gasteiger partial charge in [0.15, 0.2) is 0 Å². The molecule has 19 heavy (non-hydrogen) atoms. The number of rotatable bonds is 3. The molecule has 0 aliphatic carbocycles. The van der Waals surface area contributed by atoms with Crippen molar-refractivity contribution in [2.24, 2.45) is 0 Å². The van der Waals surface area contributed by atoms with Gasteiger partial charge in [-0.1, -0.05) is 69.0 Å². The Morgan fingerprint density at radius 2 is 1.84 bits per heavy atom. The molecule has 0 unspecified atom stereocenters. The fourth-order valence-electron chi connectivity index (χ4n) is 1.15. The maximum Gasteiger partial charge on any atom is 0.129 e. The Morgan fingerprint density at radius 3 is 2.42 bits per heavy atom. The third-order valence-corrected chi connectivity index (χ3v) is 2.97. The van der Waals surface area contributed by atoms with Gasteiger partial charge >= 0.3 is 0 Å². The van der Waals surface area contributed by atoms with Gasteiger partial charge in [-0.15, -0.1) is 5.54 Å². The molecule has 0 radical (unpaired) electrons. The first-order chi connectivity index (χ1) is 8.99. The molecule has 1 N–H and O–H groups in total. The van der Waals surface area contributed by atoms with Crippen molar-refractivity contribution in [2.75, 3.05) is 6.61 Å². The predicted octanol–water partition coefficient (Wildman–Crippen LogP) is 3.37. The molecule has 0 aliphatic heterocycles. The third-order valence-electron chi connectivity index (χ3n) is 2.10. The zero-order valence-corrected chi connectivity index (χ0v) is 13.6. The Kier molecular flexibility index (Phi) is 9.74. The van der Waals surface area contributed by atoms with Crippen LogP contribution < -0.4 is 0 Å². The average Bonchev–Trinajstić information content (AvgIpc) is 2.34. The number of hydrogen-bond donors (Lipinski definition) is 1. The number of hydrogen-bond acceptors (Lipinski definition) is 1. The van der Waals surface area contributed by atoms with Crippen LogP contribution in [0.25, 0.3) is 0 Å². The van der Waals surface area contributed by atoms with E-state index in [0.29, 0.717) is 5.57 Å². The molecule has 102 valence electrons. The lowest BCUT2D eigenvalue weighted by atomic mass is 10.2. The Bertz CT molecular complexity index is 461. The van der Waals surface area contributed by atoms with Crippen molar-refractivity contribution < 1.29 is 5.11 Å². The molecular weight excluding hydrogens is 248 g/mol. The van der Waals surface area contributed by atoms with Crippen LogP contribution in [0.5, 0.6) is 0 Å². The van der Waals surface area contributed by atoms with Crippen LogP contribution >= 0.6 is 0 Å². The second-order valence-corrected chi connectivity index (χ2v) is 10.0. The first-order valence-corrected chi connectivity index (χ1v) is 10.3. The minimum absolute atomic E-state index is 0.143. The molecule has 0 rings (SSSR count). The van der Waals surface area contributed by atoms with E-state index in [4.69, 9.17) is 5.11 Å². The highest BCUT2D eigenvalue weighted by Crippen LogP contribution is 1.99. The molecule has 0 heterocycles. The molecule has 0 aromatic heterocycles. The quantitative estimate of drug-likeness (QED) is 0.474. The Hall–Kier alpha value is -1.40. The van der Waals surface area contributed by atoms with Gasteiger partial charge < -0.3 is 5.11 Å². The molecule has 1 nitrogen and oxygen atoms in total. The standard InChI is InChI=1S/C17H24OSi/c1-5-6-7-8-9-10-12-17(13-11-15-18)14-16-19(2,3)4/h12,18H,5-8,15H2,1-4H3/b17-12-. The van der Waals surface area contributed by atoms with E-state index in [2.05, 4.69) is 61.7 Å². The van der Waals surface area contributed by atoms with Gasteiger partial charge in [0.25, 0.3) is 0 Å². The van der Waals surface area contributed by atoms with Crippen molar-refractivity contribution >= 4 is 8.07 Å². The molecule has 0 aromatic rings. The summed E-state index contributed by atoms with van der Waals surface area (Å²) < 4.78 is 0. The van der Waals surface area contributed by atoms with Gasteiger partial charge in [0.1, 0.15) is 14.7 Å². The largest absolute Gasteiger partial charge is 0.384 e. The molecular formula is C17H24OSi. The van der Waals surface area contributed by atoms with Crippen LogP contribution in [0.3, 0.4) is 0 Å². The van der Waals surface area contributed by atoms with Gasteiger partial charge in [0.05, 0.1) is 5.57 Å². The van der Waals surface area contributed by atoms with Crippen LogP contribution in [0.15, 0.2) is 11.6 Å². The van der Waals surface area contributed by atoms with Crippen molar-refractivity contribution in [3.05, 3.63) is 11.6 Å². The van der Waals surface area contributed by atoms with Gasteiger partial charge in [0, 0.05) is 12.5 Å². The smallest absolute Gasteiger partial charge is 0.129 e. The Balaban J connectivity index is 4.70. The van der Waals surface area contributed by atoms with Crippen LogP contribution in [0.2, 0.25) is 19.6 Å². The van der Waals surface area contributed by atoms with E-state index in [1.807, 2.05) is 0 Å². The zero-order chi connectivity index (χ0) is 14.6. The van der Waals surface area contributed by atoms with Crippen molar-refractivity contribution in [3.63, 3.8) is 0 Å². The van der Waals surface area contributed by atoms with Crippen LogP contribution in [-0.4, -0.2) is 19.8 Å². The normalized spacial score (nSPS) is 10.5. The van der Waals surface area contributed by atoms with Crippen molar-refractivity contribution in [1.29, 1.82) is 0 Å². The van der Waals surface area contributed by atoms with E-state index < -0.39 is 8.07 Å². The number of aliphatic hydroxyl groups excluding tert-OH is 1. The predicted molar refractivity (Wildman–Crippen MR) is 86.0 cm³/mol. The first-order valence-electron chi connectivity index (χ1n) is 6.81. The van der Waals surface area contributed by atoms with Crippen molar-refractivity contribution in [2.45, 2.75) is 52.2 Å². The second-order valence-electron chi connectivity index (χ2n) is 5.30. The lowest BCUT2D eigenvalue weighted by Crippen LogP contribution is -2.16. The van der Waals surface area contributed by atoms with Crippen LogP contribution in [0.4, 0.5) is 0 Å². The summed E-state index contributed by atoms with van der Waals surface area (Å²) in [6, 6.07) is 0. The number of aliphatic hydroxyl groups is 1. The fourth-order valence-corrected chi connectivity index (χ4v) is 1.66. The molecule has 0 saturated heterocycles. The SMILES string of the molecule is CCCCCC#C/C=C(/C#CCO)C#C[Si](C)(C)C. The molecule has 0 aliphatic rings. The fraction of sp³-hybridized carbons (Fsp3) is 0.529. The summed E-state index contributed by atoms with van der Waals surface area (Å²) in [5, 5.41) is 8.74. The van der Waals surface area contributed by atoms with Gasteiger partial charge in [-0.2, -0.15) is 0 Å². The minimum Gasteiger partial charge on any atom is -0.384 e. The summed E-state index contributed by atoms with van der Waals surface area (Å²) in [6.07, 6.45) is 6.28. The lowest BCUT2D eigenvalue weighted by Gasteiger charge is -2.02. The van der Waals surface area contributed by atoms with Gasteiger partial charge in [-0.3, -0.25) is 0 Å². The summed E-state index contributed by atoms with van der Waals surface area (Å²) >= 11 is 0. The molecule has 0 atom stereocenters. The van der Waals surface area contributed by atoms with E-state index in [1.165, 1.54) is 12.8 Å². The maximum absolute atomic E-state index is 8.74. The van der Waals surface area contributed by atoms with E-state index in [9.17, 15) is 0 Å². The number of allylic oxidation sites excluding steroid dienone is 2. The molecule has 0 amide bonds. The van der Waals surface area contributed by atoms with E-state index in [-0.39, 0.29) is 6.61 Å². The molecule has 2 heteroatoms. The van der Waals surface area contributed by atoms with Gasteiger partial charge in [-0.05, 0) is 6.42 Å². The summed E-state index contributed by atoms with van der Waals surface area (Å²) in [5.41, 5.74) is 3.97. The average molecular weight is 272 g/mol. The molecule has 0 aromatic carbocycles. The maximum atomic E-state index is 8.74. The van der Waals surface area contributed by atoms with Crippen molar-refractivity contribution in [3.8, 4) is 35.1 Å². The highest BCUT2D eigenvalue weighted by atomic mass is 28.3. The summed E-state index contributed by atoms with van der Waals surface area (Å²) in [7, 11) is -1.40. The highest BCUT2D eigenvalue weighted by molar-refractivity contribution is 6.83. The summed E-state index contributed by atoms with van der Waals surface area (Å²) in [4.78, 5) is 0. The number of unbranched alkanes of at least 4 members (excludes halogenated alkanes) is 3. The summed E-state index contributed by atoms with van der Waals surface area (Å²) in [6.45, 7) is 8.60. The summed E-state index contributed by atoms with van der Waals surface area (Å²) in [5.74, 6) is 14.7. The van der Waals surface area contributed by atoms with Crippen LogP contribution in [0, 0.1) is 35.1 Å². The topological polar surface area (TPSA) is 20.2 Å². The van der Waals surface area contributed by atoms with Crippen molar-refractivity contribution in [1.82, 2.24) is 0 Å². The molecule has 0 fully saturated rings.